The minimum absolute atomic E-state index is 0.0535. The Morgan fingerprint density at radius 3 is 2.47 bits per heavy atom. The lowest BCUT2D eigenvalue weighted by atomic mass is 9.95. The molecule has 0 bridgehead atoms. The van der Waals surface area contributed by atoms with Crippen LogP contribution in [0.4, 0.5) is 0 Å². The van der Waals surface area contributed by atoms with E-state index in [1.807, 2.05) is 6.07 Å². The second-order valence-corrected chi connectivity index (χ2v) is 11.6. The van der Waals surface area contributed by atoms with Crippen LogP contribution in [0.3, 0.4) is 0 Å². The number of nitrogens with one attached hydrogen (secondary N) is 1. The Labute approximate surface area is 237 Å². The first-order chi connectivity index (χ1) is 18.4. The Bertz CT molecular complexity index is 1060. The van der Waals surface area contributed by atoms with Crippen molar-refractivity contribution >= 4 is 34.9 Å². The number of nitrogens with zero attached hydrogens (tertiary/aromatic N) is 2. The van der Waals surface area contributed by atoms with Crippen molar-refractivity contribution < 1.29 is 9.59 Å². The first-order valence-electron chi connectivity index (χ1n) is 14.2. The van der Waals surface area contributed by atoms with Gasteiger partial charge in [-0.25, -0.2) is 0 Å². The Morgan fingerprint density at radius 1 is 1.00 bits per heavy atom. The van der Waals surface area contributed by atoms with Crippen molar-refractivity contribution in [3.63, 3.8) is 0 Å². The molecule has 2 aliphatic heterocycles. The third-order valence-corrected chi connectivity index (χ3v) is 8.88. The number of piperidine rings is 1. The Kier molecular flexibility index (Phi) is 11.1. The van der Waals surface area contributed by atoms with Gasteiger partial charge in [-0.3, -0.25) is 9.59 Å². The third kappa shape index (κ3) is 8.05. The van der Waals surface area contributed by atoms with Crippen molar-refractivity contribution in [1.29, 1.82) is 0 Å². The number of carbonyl (C=O) groups is 2. The molecule has 38 heavy (non-hydrogen) atoms. The number of Topliss-reactive ketones (excluding diaryl/α,β-unsaturated/α-hetero) is 1. The molecule has 1 N–H and O–H groups in total. The van der Waals surface area contributed by atoms with E-state index < -0.39 is 0 Å². The van der Waals surface area contributed by atoms with Gasteiger partial charge < -0.3 is 15.1 Å². The van der Waals surface area contributed by atoms with Crippen LogP contribution in [0.2, 0.25) is 10.0 Å². The summed E-state index contributed by atoms with van der Waals surface area (Å²) < 4.78 is 0. The largest absolute Gasteiger partial charge is 0.341 e. The van der Waals surface area contributed by atoms with Gasteiger partial charge in [-0.1, -0.05) is 66.9 Å². The van der Waals surface area contributed by atoms with E-state index in [1.165, 1.54) is 24.8 Å². The molecular weight excluding hydrogens is 517 g/mol. The molecule has 2 heterocycles. The van der Waals surface area contributed by atoms with Gasteiger partial charge in [0.1, 0.15) is 0 Å². The minimum Gasteiger partial charge on any atom is -0.341 e. The van der Waals surface area contributed by atoms with Crippen LogP contribution >= 0.6 is 23.2 Å². The van der Waals surface area contributed by atoms with Crippen LogP contribution < -0.4 is 5.32 Å². The summed E-state index contributed by atoms with van der Waals surface area (Å²) in [6.45, 7) is 6.82. The molecule has 0 radical (unpaired) electrons. The molecular formula is C31H41Cl2N3O2. The molecule has 0 saturated carbocycles. The zero-order valence-electron chi connectivity index (χ0n) is 22.5. The Balaban J connectivity index is 1.43. The summed E-state index contributed by atoms with van der Waals surface area (Å²) >= 11 is 12.2. The number of hydrogen-bond acceptors (Lipinski definition) is 4. The van der Waals surface area contributed by atoms with Gasteiger partial charge >= 0.3 is 0 Å². The topological polar surface area (TPSA) is 52.7 Å². The molecule has 0 spiro atoms. The first kappa shape index (κ1) is 29.1. The fraction of sp³-hybridized carbons (Fsp3) is 0.548. The van der Waals surface area contributed by atoms with Crippen molar-refractivity contribution in [3.8, 4) is 0 Å². The summed E-state index contributed by atoms with van der Waals surface area (Å²) in [5, 5.41) is 4.52. The smallest absolute Gasteiger partial charge is 0.239 e. The normalized spacial score (nSPS) is 21.8. The lowest BCUT2D eigenvalue weighted by Gasteiger charge is -2.31. The number of ketones is 1. The van der Waals surface area contributed by atoms with Crippen LogP contribution in [0, 0.1) is 0 Å². The van der Waals surface area contributed by atoms with Crippen LogP contribution in [-0.4, -0.2) is 66.3 Å². The fourth-order valence-corrected chi connectivity index (χ4v) is 6.07. The van der Waals surface area contributed by atoms with Gasteiger partial charge in [0.25, 0.3) is 0 Å². The van der Waals surface area contributed by atoms with Crippen LogP contribution in [0.1, 0.15) is 80.1 Å². The van der Waals surface area contributed by atoms with Gasteiger partial charge in [-0.2, -0.15) is 0 Å². The van der Waals surface area contributed by atoms with E-state index in [4.69, 9.17) is 23.2 Å². The van der Waals surface area contributed by atoms with Crippen LogP contribution in [0.25, 0.3) is 0 Å². The number of likely N-dealkylation sites (tertiary alicyclic amines) is 1. The van der Waals surface area contributed by atoms with E-state index in [0.717, 1.165) is 45.4 Å². The molecule has 2 aliphatic rings. The molecule has 1 amide bonds. The number of rotatable bonds is 11. The maximum atomic E-state index is 13.8. The first-order valence-corrected chi connectivity index (χ1v) is 15.0. The van der Waals surface area contributed by atoms with E-state index >= 15 is 0 Å². The maximum absolute atomic E-state index is 13.8. The minimum atomic E-state index is -0.224. The van der Waals surface area contributed by atoms with E-state index in [-0.39, 0.29) is 23.8 Å². The molecule has 3 atom stereocenters. The monoisotopic (exact) mass is 557 g/mol. The van der Waals surface area contributed by atoms with Crippen molar-refractivity contribution in [2.75, 3.05) is 32.7 Å². The number of amides is 1. The highest BCUT2D eigenvalue weighted by Crippen LogP contribution is 2.25. The summed E-state index contributed by atoms with van der Waals surface area (Å²) in [6, 6.07) is 15.5. The van der Waals surface area contributed by atoms with Crippen molar-refractivity contribution in [2.45, 2.75) is 76.3 Å². The summed E-state index contributed by atoms with van der Waals surface area (Å²) in [5.41, 5.74) is 1.87. The molecule has 2 fully saturated rings. The van der Waals surface area contributed by atoms with Gasteiger partial charge in [0.2, 0.25) is 5.91 Å². The van der Waals surface area contributed by atoms with E-state index in [0.29, 0.717) is 40.9 Å². The molecule has 2 aromatic rings. The van der Waals surface area contributed by atoms with Crippen molar-refractivity contribution in [3.05, 3.63) is 69.7 Å². The van der Waals surface area contributed by atoms with Gasteiger partial charge in [0.15, 0.2) is 5.78 Å². The molecule has 206 valence electrons. The quantitative estimate of drug-likeness (QED) is 0.317. The molecule has 4 rings (SSSR count). The standard InChI is InChI=1S/C31H41Cl2N3O2/c1-2-23(24-9-5-3-6-10-24)22-36-20-15-26(12-14-30(37)25-11-13-27(32)28(33)21-25)34-29(31(36)38)16-19-35-17-7-4-8-18-35/h3,5-6,9-11,13,21,23,26,29,34H,2,4,7-8,12,14-20,22H2,1H3/t23-,26-,29+/m1/s1. The predicted molar refractivity (Wildman–Crippen MR) is 156 cm³/mol. The fourth-order valence-electron chi connectivity index (χ4n) is 5.77. The van der Waals surface area contributed by atoms with Crippen molar-refractivity contribution in [2.24, 2.45) is 0 Å². The van der Waals surface area contributed by atoms with E-state index in [9.17, 15) is 9.59 Å². The average Bonchev–Trinajstić information content (AvgIpc) is 3.09. The summed E-state index contributed by atoms with van der Waals surface area (Å²) in [7, 11) is 0. The zero-order valence-corrected chi connectivity index (χ0v) is 24.0. The summed E-state index contributed by atoms with van der Waals surface area (Å²) in [4.78, 5) is 31.3. The lowest BCUT2D eigenvalue weighted by molar-refractivity contribution is -0.133. The number of benzene rings is 2. The molecule has 0 unspecified atom stereocenters. The number of carbonyl (C=O) groups excluding carboxylic acids is 2. The van der Waals surface area contributed by atoms with Crippen LogP contribution in [-0.2, 0) is 4.79 Å². The molecule has 0 aliphatic carbocycles. The third-order valence-electron chi connectivity index (χ3n) is 8.14. The molecule has 5 nitrogen and oxygen atoms in total. The highest BCUT2D eigenvalue weighted by molar-refractivity contribution is 6.42. The van der Waals surface area contributed by atoms with Gasteiger partial charge in [0.05, 0.1) is 16.1 Å². The highest BCUT2D eigenvalue weighted by atomic mass is 35.5. The van der Waals surface area contributed by atoms with Crippen LogP contribution in [0.15, 0.2) is 48.5 Å². The molecule has 7 heteroatoms. The second-order valence-electron chi connectivity index (χ2n) is 10.8. The van der Waals surface area contributed by atoms with E-state index in [2.05, 4.69) is 46.3 Å². The van der Waals surface area contributed by atoms with Crippen molar-refractivity contribution in [1.82, 2.24) is 15.1 Å². The molecule has 2 aromatic carbocycles. The summed E-state index contributed by atoms with van der Waals surface area (Å²) in [6.07, 6.45) is 7.51. The Hall–Kier alpha value is -1.92. The Morgan fingerprint density at radius 2 is 1.76 bits per heavy atom. The number of hydrogen-bond donors (Lipinski definition) is 1. The van der Waals surface area contributed by atoms with E-state index in [1.54, 1.807) is 18.2 Å². The predicted octanol–water partition coefficient (Wildman–Crippen LogP) is 6.59. The van der Waals surface area contributed by atoms with Gasteiger partial charge in [0, 0.05) is 43.6 Å². The molecule has 2 saturated heterocycles. The number of halogens is 2. The maximum Gasteiger partial charge on any atom is 0.239 e. The highest BCUT2D eigenvalue weighted by Gasteiger charge is 2.32. The molecule has 0 aromatic heterocycles. The summed E-state index contributed by atoms with van der Waals surface area (Å²) in [5.74, 6) is 0.572. The van der Waals surface area contributed by atoms with Gasteiger partial charge in [-0.05, 0) is 75.4 Å². The SMILES string of the molecule is CC[C@H](CN1CC[C@@H](CCC(=O)c2ccc(Cl)c(Cl)c2)N[C@@H](CCN2CCCCC2)C1=O)c1ccccc1. The lowest BCUT2D eigenvalue weighted by Crippen LogP contribution is -2.48. The van der Waals surface area contributed by atoms with Gasteiger partial charge in [-0.15, -0.1) is 0 Å². The second kappa shape index (κ2) is 14.5. The zero-order chi connectivity index (χ0) is 26.9. The van der Waals surface area contributed by atoms with Crippen LogP contribution in [0.5, 0.6) is 0 Å². The average molecular weight is 559 g/mol.